The molecule has 0 spiro atoms. The van der Waals surface area contributed by atoms with E-state index in [9.17, 15) is 13.2 Å². The summed E-state index contributed by atoms with van der Waals surface area (Å²) < 4.78 is 23.3. The van der Waals surface area contributed by atoms with E-state index in [-0.39, 0.29) is 16.2 Å². The molecule has 0 aliphatic carbocycles. The fraction of sp³-hybridized carbons (Fsp3) is 0.462. The molecule has 0 aromatic heterocycles. The van der Waals surface area contributed by atoms with Crippen LogP contribution in [-0.2, 0) is 10.0 Å². The van der Waals surface area contributed by atoms with Crippen LogP contribution in [0.3, 0.4) is 0 Å². The predicted molar refractivity (Wildman–Crippen MR) is 79.8 cm³/mol. The first-order valence-corrected chi connectivity index (χ1v) is 8.56. The molecule has 110 valence electrons. The summed E-state index contributed by atoms with van der Waals surface area (Å²) in [6.07, 6.45) is 0.936. The lowest BCUT2D eigenvalue weighted by atomic mass is 9.93. The molecular weight excluding hydrogens is 344 g/mol. The zero-order valence-corrected chi connectivity index (χ0v) is 13.8. The highest BCUT2D eigenvalue weighted by Crippen LogP contribution is 2.31. The molecule has 20 heavy (non-hydrogen) atoms. The van der Waals surface area contributed by atoms with E-state index in [0.717, 1.165) is 6.42 Å². The van der Waals surface area contributed by atoms with Crippen molar-refractivity contribution < 1.29 is 13.2 Å². The Morgan fingerprint density at radius 3 is 2.55 bits per heavy atom. The molecule has 0 atom stereocenters. The molecule has 1 aromatic rings. The van der Waals surface area contributed by atoms with Crippen molar-refractivity contribution in [2.75, 3.05) is 13.1 Å². The number of carbonyl (C=O) groups is 1. The number of nitrogens with zero attached hydrogens (tertiary/aromatic N) is 1. The quantitative estimate of drug-likeness (QED) is 0.875. The van der Waals surface area contributed by atoms with Crippen molar-refractivity contribution in [3.63, 3.8) is 0 Å². The highest BCUT2D eigenvalue weighted by molar-refractivity contribution is 9.10. The molecule has 1 aliphatic heterocycles. The SMILES string of the molecule is CC1(C)CCN(C(=O)c2cc(S(N)(=O)=O)ccc2Br)C1. The maximum Gasteiger partial charge on any atom is 0.255 e. The van der Waals surface area contributed by atoms with Crippen molar-refractivity contribution in [1.29, 1.82) is 0 Å². The lowest BCUT2D eigenvalue weighted by Gasteiger charge is -2.20. The zero-order chi connectivity index (χ0) is 15.1. The minimum atomic E-state index is -3.81. The summed E-state index contributed by atoms with van der Waals surface area (Å²) >= 11 is 3.29. The predicted octanol–water partition coefficient (Wildman–Crippen LogP) is 1.97. The summed E-state index contributed by atoms with van der Waals surface area (Å²) in [7, 11) is -3.81. The number of sulfonamides is 1. The Hall–Kier alpha value is -0.920. The zero-order valence-electron chi connectivity index (χ0n) is 11.4. The normalized spacial score (nSPS) is 18.3. The molecule has 1 fully saturated rings. The molecule has 0 saturated carbocycles. The maximum absolute atomic E-state index is 12.5. The highest BCUT2D eigenvalue weighted by Gasteiger charge is 2.33. The van der Waals surface area contributed by atoms with Crippen LogP contribution in [0.15, 0.2) is 27.6 Å². The highest BCUT2D eigenvalue weighted by atomic mass is 79.9. The molecule has 1 heterocycles. The lowest BCUT2D eigenvalue weighted by molar-refractivity contribution is 0.0777. The Morgan fingerprint density at radius 2 is 2.05 bits per heavy atom. The number of rotatable bonds is 2. The van der Waals surface area contributed by atoms with Crippen LogP contribution < -0.4 is 5.14 Å². The van der Waals surface area contributed by atoms with E-state index in [1.165, 1.54) is 18.2 Å². The van der Waals surface area contributed by atoms with E-state index in [2.05, 4.69) is 29.8 Å². The topological polar surface area (TPSA) is 80.5 Å². The van der Waals surface area contributed by atoms with Crippen molar-refractivity contribution in [2.45, 2.75) is 25.2 Å². The van der Waals surface area contributed by atoms with Crippen molar-refractivity contribution >= 4 is 31.9 Å². The molecule has 1 amide bonds. The average molecular weight is 361 g/mol. The van der Waals surface area contributed by atoms with Crippen LogP contribution >= 0.6 is 15.9 Å². The van der Waals surface area contributed by atoms with Gasteiger partial charge in [0, 0.05) is 17.6 Å². The van der Waals surface area contributed by atoms with Crippen LogP contribution in [0.5, 0.6) is 0 Å². The van der Waals surface area contributed by atoms with E-state index in [0.29, 0.717) is 23.1 Å². The van der Waals surface area contributed by atoms with Crippen molar-refractivity contribution in [3.8, 4) is 0 Å². The number of likely N-dealkylation sites (tertiary alicyclic amines) is 1. The summed E-state index contributed by atoms with van der Waals surface area (Å²) in [5, 5.41) is 5.10. The van der Waals surface area contributed by atoms with Gasteiger partial charge in [0.15, 0.2) is 0 Å². The minimum absolute atomic E-state index is 0.0532. The van der Waals surface area contributed by atoms with Crippen LogP contribution in [0, 0.1) is 5.41 Å². The molecule has 7 heteroatoms. The second-order valence-corrected chi connectivity index (χ2v) is 8.24. The molecule has 5 nitrogen and oxygen atoms in total. The number of carbonyl (C=O) groups excluding carboxylic acids is 1. The fourth-order valence-electron chi connectivity index (χ4n) is 2.30. The largest absolute Gasteiger partial charge is 0.338 e. The van der Waals surface area contributed by atoms with Crippen LogP contribution in [0.2, 0.25) is 0 Å². The van der Waals surface area contributed by atoms with E-state index in [1.807, 2.05) is 0 Å². The van der Waals surface area contributed by atoms with Gasteiger partial charge in [-0.1, -0.05) is 13.8 Å². The average Bonchev–Trinajstić information content (AvgIpc) is 2.68. The second-order valence-electron chi connectivity index (χ2n) is 5.83. The van der Waals surface area contributed by atoms with Gasteiger partial charge in [-0.25, -0.2) is 13.6 Å². The fourth-order valence-corrected chi connectivity index (χ4v) is 3.26. The Morgan fingerprint density at radius 1 is 1.40 bits per heavy atom. The number of nitrogens with two attached hydrogens (primary N) is 1. The summed E-state index contributed by atoms with van der Waals surface area (Å²) in [4.78, 5) is 14.2. The van der Waals surface area contributed by atoms with Gasteiger partial charge >= 0.3 is 0 Å². The summed E-state index contributed by atoms with van der Waals surface area (Å²) in [5.74, 6) is -0.173. The third kappa shape index (κ3) is 3.21. The first-order valence-electron chi connectivity index (χ1n) is 6.22. The van der Waals surface area contributed by atoms with E-state index in [4.69, 9.17) is 5.14 Å². The Balaban J connectivity index is 2.35. The molecule has 0 bridgehead atoms. The maximum atomic E-state index is 12.5. The van der Waals surface area contributed by atoms with Crippen LogP contribution in [0.25, 0.3) is 0 Å². The molecule has 1 saturated heterocycles. The van der Waals surface area contributed by atoms with Gasteiger partial charge in [-0.05, 0) is 46.0 Å². The second kappa shape index (κ2) is 5.13. The molecule has 0 unspecified atom stereocenters. The third-order valence-electron chi connectivity index (χ3n) is 3.46. The number of halogens is 1. The van der Waals surface area contributed by atoms with Crippen LogP contribution in [0.1, 0.15) is 30.6 Å². The van der Waals surface area contributed by atoms with E-state index in [1.54, 1.807) is 4.90 Å². The Kier molecular flexibility index (Phi) is 3.96. The summed E-state index contributed by atoms with van der Waals surface area (Å²) in [6.45, 7) is 5.56. The molecular formula is C13H17BrN2O3S. The van der Waals surface area contributed by atoms with Crippen LogP contribution in [-0.4, -0.2) is 32.3 Å². The van der Waals surface area contributed by atoms with E-state index < -0.39 is 10.0 Å². The van der Waals surface area contributed by atoms with Crippen molar-refractivity contribution in [1.82, 2.24) is 4.90 Å². The Bertz CT molecular complexity index is 656. The molecule has 2 N–H and O–H groups in total. The van der Waals surface area contributed by atoms with E-state index >= 15 is 0 Å². The van der Waals surface area contributed by atoms with Gasteiger partial charge in [0.25, 0.3) is 5.91 Å². The molecule has 0 radical (unpaired) electrons. The number of primary sulfonamides is 1. The van der Waals surface area contributed by atoms with Gasteiger partial charge in [-0.3, -0.25) is 4.79 Å². The molecule has 2 rings (SSSR count). The van der Waals surface area contributed by atoms with Gasteiger partial charge in [0.05, 0.1) is 10.5 Å². The summed E-state index contributed by atoms with van der Waals surface area (Å²) in [6, 6.07) is 4.24. The number of benzene rings is 1. The molecule has 1 aliphatic rings. The van der Waals surface area contributed by atoms with Gasteiger partial charge in [0.1, 0.15) is 0 Å². The monoisotopic (exact) mass is 360 g/mol. The minimum Gasteiger partial charge on any atom is -0.338 e. The van der Waals surface area contributed by atoms with Gasteiger partial charge in [-0.15, -0.1) is 0 Å². The van der Waals surface area contributed by atoms with Gasteiger partial charge in [-0.2, -0.15) is 0 Å². The molecule has 1 aromatic carbocycles. The Labute approximate surface area is 127 Å². The number of hydrogen-bond acceptors (Lipinski definition) is 3. The first-order chi connectivity index (χ1) is 9.10. The standard InChI is InChI=1S/C13H17BrN2O3S/c1-13(2)5-6-16(8-13)12(17)10-7-9(20(15,18)19)3-4-11(10)14/h3-4,7H,5-6,8H2,1-2H3,(H2,15,18,19). The number of hydrogen-bond donors (Lipinski definition) is 1. The summed E-state index contributed by atoms with van der Waals surface area (Å²) in [5.41, 5.74) is 0.425. The van der Waals surface area contributed by atoms with Gasteiger partial charge < -0.3 is 4.90 Å². The number of amides is 1. The van der Waals surface area contributed by atoms with Crippen molar-refractivity contribution in [3.05, 3.63) is 28.2 Å². The van der Waals surface area contributed by atoms with Crippen molar-refractivity contribution in [2.24, 2.45) is 10.6 Å². The lowest BCUT2D eigenvalue weighted by Crippen LogP contribution is -2.30. The van der Waals surface area contributed by atoms with Crippen LogP contribution in [0.4, 0.5) is 0 Å². The smallest absolute Gasteiger partial charge is 0.255 e. The first kappa shape index (κ1) is 15.5. The third-order valence-corrected chi connectivity index (χ3v) is 5.06. The van der Waals surface area contributed by atoms with Gasteiger partial charge in [0.2, 0.25) is 10.0 Å².